The van der Waals surface area contributed by atoms with Crippen LogP contribution in [0, 0.1) is 0 Å². The van der Waals surface area contributed by atoms with E-state index in [-0.39, 0.29) is 0 Å². The monoisotopic (exact) mass is 300 g/mol. The minimum Gasteiger partial charge on any atom is -0.497 e. The molecule has 22 heavy (non-hydrogen) atoms. The van der Waals surface area contributed by atoms with Crippen molar-refractivity contribution in [3.05, 3.63) is 60.4 Å². The Balaban J connectivity index is 1.68. The second kappa shape index (κ2) is 6.90. The highest BCUT2D eigenvalue weighted by molar-refractivity contribution is 5.30. The Kier molecular flexibility index (Phi) is 4.71. The zero-order valence-electron chi connectivity index (χ0n) is 12.9. The number of ether oxygens (including phenoxy) is 3. The molecule has 0 atom stereocenters. The van der Waals surface area contributed by atoms with Crippen molar-refractivity contribution in [2.24, 2.45) is 0 Å². The summed E-state index contributed by atoms with van der Waals surface area (Å²) in [5.74, 6) is 0.235. The third-order valence-corrected chi connectivity index (χ3v) is 3.98. The number of aromatic nitrogens is 1. The summed E-state index contributed by atoms with van der Waals surface area (Å²) in [7, 11) is 1.67. The van der Waals surface area contributed by atoms with Crippen LogP contribution in [-0.2, 0) is 21.8 Å². The number of methoxy groups -OCH3 is 1. The molecular formula is C18H22NO3+. The molecule has 1 aromatic carbocycles. The van der Waals surface area contributed by atoms with Crippen LogP contribution in [0.3, 0.4) is 0 Å². The van der Waals surface area contributed by atoms with Gasteiger partial charge < -0.3 is 14.2 Å². The molecule has 0 N–H and O–H groups in total. The SMILES string of the molecule is COc1ccc(C2(CCC[n+]3ccccc3)OCCO2)cc1. The summed E-state index contributed by atoms with van der Waals surface area (Å²) < 4.78 is 19.3. The van der Waals surface area contributed by atoms with Crippen molar-refractivity contribution in [2.45, 2.75) is 25.2 Å². The van der Waals surface area contributed by atoms with E-state index in [1.165, 1.54) is 0 Å². The summed E-state index contributed by atoms with van der Waals surface area (Å²) in [5, 5.41) is 0. The van der Waals surface area contributed by atoms with E-state index in [2.05, 4.69) is 17.0 Å². The maximum absolute atomic E-state index is 5.97. The van der Waals surface area contributed by atoms with Gasteiger partial charge in [-0.1, -0.05) is 6.07 Å². The van der Waals surface area contributed by atoms with Crippen LogP contribution in [0.15, 0.2) is 54.9 Å². The molecule has 0 radical (unpaired) electrons. The first-order chi connectivity index (χ1) is 10.8. The van der Waals surface area contributed by atoms with Crippen LogP contribution in [0.4, 0.5) is 0 Å². The van der Waals surface area contributed by atoms with E-state index >= 15 is 0 Å². The Morgan fingerprint density at radius 1 is 1.05 bits per heavy atom. The fourth-order valence-electron chi connectivity index (χ4n) is 2.83. The minimum absolute atomic E-state index is 0.610. The Morgan fingerprint density at radius 3 is 2.36 bits per heavy atom. The van der Waals surface area contributed by atoms with Gasteiger partial charge >= 0.3 is 0 Å². The lowest BCUT2D eigenvalue weighted by Gasteiger charge is -2.27. The van der Waals surface area contributed by atoms with Crippen LogP contribution in [-0.4, -0.2) is 20.3 Å². The second-order valence-electron chi connectivity index (χ2n) is 5.40. The van der Waals surface area contributed by atoms with E-state index in [1.54, 1.807) is 7.11 Å². The summed E-state index contributed by atoms with van der Waals surface area (Å²) in [6, 6.07) is 14.1. The smallest absolute Gasteiger partial charge is 0.195 e. The van der Waals surface area contributed by atoms with E-state index in [9.17, 15) is 0 Å². The number of pyridine rings is 1. The Bertz CT molecular complexity index is 577. The zero-order valence-corrected chi connectivity index (χ0v) is 12.9. The Morgan fingerprint density at radius 2 is 1.73 bits per heavy atom. The first-order valence-electron chi connectivity index (χ1n) is 7.69. The number of hydrogen-bond donors (Lipinski definition) is 0. The summed E-state index contributed by atoms with van der Waals surface area (Å²) in [4.78, 5) is 0. The molecular weight excluding hydrogens is 278 g/mol. The molecule has 0 aliphatic carbocycles. The molecule has 2 heterocycles. The van der Waals surface area contributed by atoms with Crippen LogP contribution in [0.1, 0.15) is 18.4 Å². The molecule has 116 valence electrons. The standard InChI is InChI=1S/C18H22NO3/c1-20-17-8-6-16(7-9-17)18(21-14-15-22-18)10-5-13-19-11-3-2-4-12-19/h2-4,6-9,11-12H,5,10,13-15H2,1H3/q+1. The van der Waals surface area contributed by atoms with E-state index in [4.69, 9.17) is 14.2 Å². The van der Waals surface area contributed by atoms with Gasteiger partial charge in [-0.15, -0.1) is 0 Å². The van der Waals surface area contributed by atoms with Crippen molar-refractivity contribution in [2.75, 3.05) is 20.3 Å². The molecule has 3 rings (SSSR count). The molecule has 1 aromatic heterocycles. The summed E-state index contributed by atoms with van der Waals surface area (Å²) in [5.41, 5.74) is 1.06. The zero-order chi connectivity index (χ0) is 15.3. The Hall–Kier alpha value is -1.91. The van der Waals surface area contributed by atoms with Crippen molar-refractivity contribution >= 4 is 0 Å². The molecule has 2 aromatic rings. The molecule has 1 saturated heterocycles. The third kappa shape index (κ3) is 3.29. The molecule has 0 bridgehead atoms. The van der Waals surface area contributed by atoms with Crippen LogP contribution in [0.5, 0.6) is 5.75 Å². The first kappa shape index (κ1) is 15.0. The molecule has 4 nitrogen and oxygen atoms in total. The maximum Gasteiger partial charge on any atom is 0.195 e. The van der Waals surface area contributed by atoms with E-state index in [0.717, 1.165) is 30.7 Å². The van der Waals surface area contributed by atoms with Crippen molar-refractivity contribution in [1.29, 1.82) is 0 Å². The second-order valence-corrected chi connectivity index (χ2v) is 5.40. The highest BCUT2D eigenvalue weighted by atomic mass is 16.7. The molecule has 0 saturated carbocycles. The predicted molar refractivity (Wildman–Crippen MR) is 82.4 cm³/mol. The molecule has 0 amide bonds. The third-order valence-electron chi connectivity index (χ3n) is 3.98. The molecule has 0 unspecified atom stereocenters. The highest BCUT2D eigenvalue weighted by Crippen LogP contribution is 2.36. The molecule has 1 fully saturated rings. The van der Waals surface area contributed by atoms with E-state index in [1.807, 2.05) is 42.5 Å². The van der Waals surface area contributed by atoms with Gasteiger partial charge in [-0.05, 0) is 24.3 Å². The van der Waals surface area contributed by atoms with Gasteiger partial charge in [0.25, 0.3) is 0 Å². The minimum atomic E-state index is -0.610. The van der Waals surface area contributed by atoms with Crippen LogP contribution >= 0.6 is 0 Å². The fourth-order valence-corrected chi connectivity index (χ4v) is 2.83. The van der Waals surface area contributed by atoms with Crippen LogP contribution in [0.25, 0.3) is 0 Å². The highest BCUT2D eigenvalue weighted by Gasteiger charge is 2.38. The van der Waals surface area contributed by atoms with E-state index < -0.39 is 5.79 Å². The van der Waals surface area contributed by atoms with Gasteiger partial charge in [0.1, 0.15) is 12.3 Å². The maximum atomic E-state index is 5.97. The van der Waals surface area contributed by atoms with Gasteiger partial charge in [0.05, 0.1) is 20.3 Å². The first-order valence-corrected chi connectivity index (χ1v) is 7.69. The van der Waals surface area contributed by atoms with Crippen LogP contribution < -0.4 is 9.30 Å². The summed E-state index contributed by atoms with van der Waals surface area (Å²) >= 11 is 0. The van der Waals surface area contributed by atoms with E-state index in [0.29, 0.717) is 13.2 Å². The van der Waals surface area contributed by atoms with Gasteiger partial charge in [0, 0.05) is 30.5 Å². The molecule has 0 spiro atoms. The fraction of sp³-hybridized carbons (Fsp3) is 0.389. The van der Waals surface area contributed by atoms with Gasteiger partial charge in [0.15, 0.2) is 18.2 Å². The normalized spacial score (nSPS) is 16.6. The predicted octanol–water partition coefficient (Wildman–Crippen LogP) is 2.66. The van der Waals surface area contributed by atoms with Gasteiger partial charge in [-0.3, -0.25) is 0 Å². The lowest BCUT2D eigenvalue weighted by Crippen LogP contribution is -2.34. The molecule has 1 aliphatic heterocycles. The van der Waals surface area contributed by atoms with Crippen molar-refractivity contribution in [1.82, 2.24) is 0 Å². The van der Waals surface area contributed by atoms with Crippen LogP contribution in [0.2, 0.25) is 0 Å². The number of benzene rings is 1. The molecule has 1 aliphatic rings. The average Bonchev–Trinajstić information content (AvgIpc) is 3.06. The number of aryl methyl sites for hydroxylation is 1. The van der Waals surface area contributed by atoms with Crippen molar-refractivity contribution in [3.63, 3.8) is 0 Å². The largest absolute Gasteiger partial charge is 0.497 e. The van der Waals surface area contributed by atoms with Gasteiger partial charge in [0.2, 0.25) is 0 Å². The summed E-state index contributed by atoms with van der Waals surface area (Å²) in [6.07, 6.45) is 5.98. The molecule has 4 heteroatoms. The van der Waals surface area contributed by atoms with Gasteiger partial charge in [-0.25, -0.2) is 4.57 Å². The average molecular weight is 300 g/mol. The number of rotatable bonds is 6. The Labute approximate surface area is 131 Å². The lowest BCUT2D eigenvalue weighted by molar-refractivity contribution is -0.697. The lowest BCUT2D eigenvalue weighted by atomic mass is 10.0. The number of hydrogen-bond acceptors (Lipinski definition) is 3. The van der Waals surface area contributed by atoms with Gasteiger partial charge in [-0.2, -0.15) is 0 Å². The topological polar surface area (TPSA) is 31.6 Å². The number of nitrogens with zero attached hydrogens (tertiary/aromatic N) is 1. The summed E-state index contributed by atoms with van der Waals surface area (Å²) in [6.45, 7) is 2.24. The van der Waals surface area contributed by atoms with Crippen molar-refractivity contribution in [3.8, 4) is 5.75 Å². The quantitative estimate of drug-likeness (QED) is 0.769. The van der Waals surface area contributed by atoms with Crippen molar-refractivity contribution < 1.29 is 18.8 Å².